The van der Waals surface area contributed by atoms with Gasteiger partial charge in [-0.1, -0.05) is 6.07 Å². The molecule has 2 nitrogen and oxygen atoms in total. The summed E-state index contributed by atoms with van der Waals surface area (Å²) in [6.07, 6.45) is 1.32. The van der Waals surface area contributed by atoms with E-state index < -0.39 is 11.9 Å². The third-order valence-corrected chi connectivity index (χ3v) is 2.56. The SMILES string of the molecule is CSCCOc1ccc([C@@H](C)O)cc1F. The van der Waals surface area contributed by atoms with Gasteiger partial charge in [-0.05, 0) is 30.9 Å². The van der Waals surface area contributed by atoms with Crippen molar-refractivity contribution in [1.82, 2.24) is 0 Å². The van der Waals surface area contributed by atoms with Crippen LogP contribution in [-0.2, 0) is 0 Å². The fourth-order valence-corrected chi connectivity index (χ4v) is 1.38. The fraction of sp³-hybridized carbons (Fsp3) is 0.455. The van der Waals surface area contributed by atoms with E-state index in [9.17, 15) is 9.50 Å². The van der Waals surface area contributed by atoms with Crippen molar-refractivity contribution < 1.29 is 14.2 Å². The zero-order valence-corrected chi connectivity index (χ0v) is 9.68. The number of ether oxygens (including phenoxy) is 1. The van der Waals surface area contributed by atoms with E-state index in [-0.39, 0.29) is 5.75 Å². The Morgan fingerprint density at radius 2 is 2.27 bits per heavy atom. The van der Waals surface area contributed by atoms with Gasteiger partial charge in [0.25, 0.3) is 0 Å². The predicted octanol–water partition coefficient (Wildman–Crippen LogP) is 2.62. The Kier molecular flexibility index (Phi) is 4.91. The van der Waals surface area contributed by atoms with Crippen LogP contribution in [0.5, 0.6) is 5.75 Å². The van der Waals surface area contributed by atoms with Crippen molar-refractivity contribution in [2.45, 2.75) is 13.0 Å². The van der Waals surface area contributed by atoms with Gasteiger partial charge >= 0.3 is 0 Å². The molecule has 0 spiro atoms. The largest absolute Gasteiger partial charge is 0.490 e. The van der Waals surface area contributed by atoms with E-state index in [1.54, 1.807) is 30.8 Å². The molecule has 15 heavy (non-hydrogen) atoms. The van der Waals surface area contributed by atoms with E-state index in [1.165, 1.54) is 6.07 Å². The quantitative estimate of drug-likeness (QED) is 0.788. The topological polar surface area (TPSA) is 29.5 Å². The number of aliphatic hydroxyl groups is 1. The van der Waals surface area contributed by atoms with Crippen LogP contribution < -0.4 is 4.74 Å². The molecule has 1 atom stereocenters. The molecule has 0 heterocycles. The molecule has 0 aliphatic rings. The maximum absolute atomic E-state index is 13.4. The summed E-state index contributed by atoms with van der Waals surface area (Å²) < 4.78 is 18.6. The lowest BCUT2D eigenvalue weighted by atomic mass is 10.1. The second kappa shape index (κ2) is 5.98. The van der Waals surface area contributed by atoms with Gasteiger partial charge in [-0.3, -0.25) is 0 Å². The van der Waals surface area contributed by atoms with Gasteiger partial charge in [0.1, 0.15) is 0 Å². The summed E-state index contributed by atoms with van der Waals surface area (Å²) >= 11 is 1.65. The van der Waals surface area contributed by atoms with Crippen LogP contribution in [0.1, 0.15) is 18.6 Å². The lowest BCUT2D eigenvalue weighted by Gasteiger charge is -2.09. The highest BCUT2D eigenvalue weighted by atomic mass is 32.2. The Bertz CT molecular complexity index is 315. The van der Waals surface area contributed by atoms with Crippen molar-refractivity contribution in [1.29, 1.82) is 0 Å². The lowest BCUT2D eigenvalue weighted by molar-refractivity contribution is 0.198. The van der Waals surface area contributed by atoms with Crippen molar-refractivity contribution in [2.75, 3.05) is 18.6 Å². The third-order valence-electron chi connectivity index (χ3n) is 1.98. The van der Waals surface area contributed by atoms with Gasteiger partial charge in [0.05, 0.1) is 12.7 Å². The minimum atomic E-state index is -0.653. The standard InChI is InChI=1S/C11H15FO2S/c1-8(13)9-3-4-11(10(12)7-9)14-5-6-15-2/h3-4,7-8,13H,5-6H2,1-2H3/t8-/m1/s1. The zero-order valence-electron chi connectivity index (χ0n) is 8.87. The molecule has 0 amide bonds. The maximum atomic E-state index is 13.4. The molecule has 0 radical (unpaired) electrons. The monoisotopic (exact) mass is 230 g/mol. The van der Waals surface area contributed by atoms with Gasteiger partial charge in [-0.2, -0.15) is 11.8 Å². The number of rotatable bonds is 5. The average Bonchev–Trinajstić information content (AvgIpc) is 2.20. The van der Waals surface area contributed by atoms with E-state index in [1.807, 2.05) is 6.26 Å². The first-order chi connectivity index (χ1) is 7.15. The van der Waals surface area contributed by atoms with Gasteiger partial charge in [0, 0.05) is 5.75 Å². The Morgan fingerprint density at radius 3 is 2.80 bits per heavy atom. The van der Waals surface area contributed by atoms with Crippen molar-refractivity contribution in [3.63, 3.8) is 0 Å². The minimum absolute atomic E-state index is 0.244. The van der Waals surface area contributed by atoms with Crippen molar-refractivity contribution >= 4 is 11.8 Å². The molecule has 0 fully saturated rings. The van der Waals surface area contributed by atoms with Gasteiger partial charge in [0.15, 0.2) is 11.6 Å². The normalized spacial score (nSPS) is 12.5. The van der Waals surface area contributed by atoms with Crippen molar-refractivity contribution in [2.24, 2.45) is 0 Å². The summed E-state index contributed by atoms with van der Waals surface area (Å²) in [5.74, 6) is 0.653. The van der Waals surface area contributed by atoms with Crippen LogP contribution in [-0.4, -0.2) is 23.7 Å². The first-order valence-corrected chi connectivity index (χ1v) is 6.13. The molecule has 0 bridgehead atoms. The van der Waals surface area contributed by atoms with Crippen LogP contribution in [0.15, 0.2) is 18.2 Å². The number of benzene rings is 1. The Labute approximate surface area is 93.5 Å². The van der Waals surface area contributed by atoms with Gasteiger partial charge < -0.3 is 9.84 Å². The molecule has 0 aliphatic heterocycles. The number of hydrogen-bond acceptors (Lipinski definition) is 3. The Balaban J connectivity index is 2.66. The summed E-state index contributed by atoms with van der Waals surface area (Å²) in [5.41, 5.74) is 0.560. The number of hydrogen-bond donors (Lipinski definition) is 1. The molecule has 84 valence electrons. The summed E-state index contributed by atoms with van der Waals surface area (Å²) in [7, 11) is 0. The highest BCUT2D eigenvalue weighted by Gasteiger charge is 2.07. The summed E-state index contributed by atoms with van der Waals surface area (Å²) in [6, 6.07) is 4.53. The molecule has 1 rings (SSSR count). The highest BCUT2D eigenvalue weighted by Crippen LogP contribution is 2.21. The van der Waals surface area contributed by atoms with Crippen molar-refractivity contribution in [3.05, 3.63) is 29.6 Å². The summed E-state index contributed by atoms with van der Waals surface area (Å²) in [4.78, 5) is 0. The Hall–Kier alpha value is -0.740. The molecule has 4 heteroatoms. The van der Waals surface area contributed by atoms with E-state index >= 15 is 0 Å². The van der Waals surface area contributed by atoms with Crippen LogP contribution in [0.25, 0.3) is 0 Å². The lowest BCUT2D eigenvalue weighted by Crippen LogP contribution is -2.02. The zero-order chi connectivity index (χ0) is 11.3. The average molecular weight is 230 g/mol. The van der Waals surface area contributed by atoms with E-state index in [2.05, 4.69) is 0 Å². The van der Waals surface area contributed by atoms with Gasteiger partial charge in [0.2, 0.25) is 0 Å². The van der Waals surface area contributed by atoms with Crippen LogP contribution in [0.3, 0.4) is 0 Å². The third kappa shape index (κ3) is 3.72. The van der Waals surface area contributed by atoms with Crippen molar-refractivity contribution in [3.8, 4) is 5.75 Å². The molecule has 1 N–H and O–H groups in total. The molecular formula is C11H15FO2S. The minimum Gasteiger partial charge on any atom is -0.490 e. The first kappa shape index (κ1) is 12.3. The summed E-state index contributed by atoms with van der Waals surface area (Å²) in [5, 5.41) is 9.24. The van der Waals surface area contributed by atoms with Gasteiger partial charge in [-0.25, -0.2) is 4.39 Å². The Morgan fingerprint density at radius 1 is 1.53 bits per heavy atom. The molecule has 1 aromatic carbocycles. The summed E-state index contributed by atoms with van der Waals surface area (Å²) in [6.45, 7) is 2.09. The van der Waals surface area contributed by atoms with E-state index in [4.69, 9.17) is 4.74 Å². The number of aliphatic hydroxyl groups excluding tert-OH is 1. The fourth-order valence-electron chi connectivity index (χ4n) is 1.13. The molecular weight excluding hydrogens is 215 g/mol. The molecule has 0 saturated carbocycles. The number of thioether (sulfide) groups is 1. The molecule has 0 aromatic heterocycles. The molecule has 0 aliphatic carbocycles. The molecule has 1 aromatic rings. The van der Waals surface area contributed by atoms with Crippen LogP contribution in [0.2, 0.25) is 0 Å². The molecule has 0 unspecified atom stereocenters. The van der Waals surface area contributed by atoms with Crippen LogP contribution in [0.4, 0.5) is 4.39 Å². The van der Waals surface area contributed by atoms with E-state index in [0.29, 0.717) is 12.2 Å². The van der Waals surface area contributed by atoms with Gasteiger partial charge in [-0.15, -0.1) is 0 Å². The van der Waals surface area contributed by atoms with Crippen LogP contribution >= 0.6 is 11.8 Å². The first-order valence-electron chi connectivity index (χ1n) is 4.74. The smallest absolute Gasteiger partial charge is 0.165 e. The number of halogens is 1. The highest BCUT2D eigenvalue weighted by molar-refractivity contribution is 7.98. The van der Waals surface area contributed by atoms with Crippen LogP contribution in [0, 0.1) is 5.82 Å². The predicted molar refractivity (Wildman–Crippen MR) is 60.9 cm³/mol. The van der Waals surface area contributed by atoms with E-state index in [0.717, 1.165) is 5.75 Å². The maximum Gasteiger partial charge on any atom is 0.165 e. The molecule has 0 saturated heterocycles. The second-order valence-electron chi connectivity index (χ2n) is 3.21. The second-order valence-corrected chi connectivity index (χ2v) is 4.19.